The van der Waals surface area contributed by atoms with Gasteiger partial charge >= 0.3 is 0 Å². The number of nitrogens with zero attached hydrogens (tertiary/aromatic N) is 2. The van der Waals surface area contributed by atoms with E-state index in [1.54, 1.807) is 0 Å². The highest BCUT2D eigenvalue weighted by molar-refractivity contribution is 5.85. The Kier molecular flexibility index (Phi) is 7.51. The fraction of sp³-hybridized carbons (Fsp3) is 0.500. The monoisotopic (exact) mass is 325 g/mol. The molecule has 5 nitrogen and oxygen atoms in total. The number of nitrogens with two attached hydrogens (primary N) is 1. The molecule has 0 spiro atoms. The lowest BCUT2D eigenvalue weighted by atomic mass is 9.99. The van der Waals surface area contributed by atoms with Gasteiger partial charge in [-0.15, -0.1) is 12.4 Å². The molecule has 0 amide bonds. The molecule has 6 heteroatoms. The van der Waals surface area contributed by atoms with Crippen LogP contribution in [0.15, 0.2) is 34.9 Å². The molecule has 122 valence electrons. The van der Waals surface area contributed by atoms with Crippen LogP contribution in [-0.2, 0) is 12.8 Å². The summed E-state index contributed by atoms with van der Waals surface area (Å²) in [6.45, 7) is 3.91. The molecule has 0 bridgehead atoms. The molecule has 1 heterocycles. The summed E-state index contributed by atoms with van der Waals surface area (Å²) in [6.07, 6.45) is 1.72. The van der Waals surface area contributed by atoms with Gasteiger partial charge in [-0.05, 0) is 24.3 Å². The molecule has 0 fully saturated rings. The average molecular weight is 326 g/mol. The summed E-state index contributed by atoms with van der Waals surface area (Å²) in [6, 6.07) is 9.88. The highest BCUT2D eigenvalue weighted by Crippen LogP contribution is 2.18. The molecular weight excluding hydrogens is 302 g/mol. The lowest BCUT2D eigenvalue weighted by molar-refractivity contribution is 0.114. The largest absolute Gasteiger partial charge is 0.383 e. The second-order valence-electron chi connectivity index (χ2n) is 5.65. The number of aliphatic hydroxyl groups excluding tert-OH is 1. The van der Waals surface area contributed by atoms with Crippen molar-refractivity contribution in [1.82, 2.24) is 10.1 Å². The van der Waals surface area contributed by atoms with Gasteiger partial charge in [0.15, 0.2) is 0 Å². The van der Waals surface area contributed by atoms with Crippen LogP contribution in [-0.4, -0.2) is 21.3 Å². The third-order valence-electron chi connectivity index (χ3n) is 3.58. The van der Waals surface area contributed by atoms with Crippen LogP contribution in [0.4, 0.5) is 0 Å². The van der Waals surface area contributed by atoms with Gasteiger partial charge in [-0.2, -0.15) is 4.98 Å². The second kappa shape index (κ2) is 8.88. The van der Waals surface area contributed by atoms with Gasteiger partial charge in [0.05, 0.1) is 0 Å². The Balaban J connectivity index is 0.00000242. The van der Waals surface area contributed by atoms with Crippen molar-refractivity contribution in [2.24, 2.45) is 11.7 Å². The molecule has 3 N–H and O–H groups in total. The standard InChI is InChI=1S/C16H23N3O2.ClH/c1-11(2)14(17)15(20)16-18-13(21-19-16)10-6-9-12-7-4-3-5-8-12;/h3-5,7-8,11,14-15,20H,6,9-10,17H2,1-2H3;1H/t14-,15?;/m0./s1. The number of halogens is 1. The fourth-order valence-corrected chi connectivity index (χ4v) is 2.11. The van der Waals surface area contributed by atoms with E-state index in [0.717, 1.165) is 12.8 Å². The van der Waals surface area contributed by atoms with E-state index in [1.807, 2.05) is 32.0 Å². The van der Waals surface area contributed by atoms with E-state index in [2.05, 4.69) is 22.3 Å². The zero-order chi connectivity index (χ0) is 15.2. The number of aliphatic hydroxyl groups is 1. The lowest BCUT2D eigenvalue weighted by Gasteiger charge is -2.18. The first-order valence-electron chi connectivity index (χ1n) is 7.38. The van der Waals surface area contributed by atoms with Crippen molar-refractivity contribution in [3.8, 4) is 0 Å². The van der Waals surface area contributed by atoms with Crippen LogP contribution in [0, 0.1) is 5.92 Å². The first-order valence-corrected chi connectivity index (χ1v) is 7.38. The van der Waals surface area contributed by atoms with Crippen LogP contribution < -0.4 is 5.73 Å². The third kappa shape index (κ3) is 5.09. The molecule has 0 saturated heterocycles. The lowest BCUT2D eigenvalue weighted by Crippen LogP contribution is -2.34. The van der Waals surface area contributed by atoms with Crippen LogP contribution in [0.25, 0.3) is 0 Å². The van der Waals surface area contributed by atoms with Crippen molar-refractivity contribution in [3.05, 3.63) is 47.6 Å². The average Bonchev–Trinajstić information content (AvgIpc) is 2.95. The maximum absolute atomic E-state index is 10.1. The summed E-state index contributed by atoms with van der Waals surface area (Å²) in [5.41, 5.74) is 7.20. The van der Waals surface area contributed by atoms with Gasteiger partial charge in [0.1, 0.15) is 6.10 Å². The number of rotatable bonds is 7. The second-order valence-corrected chi connectivity index (χ2v) is 5.65. The zero-order valence-corrected chi connectivity index (χ0v) is 13.8. The van der Waals surface area contributed by atoms with Crippen molar-refractivity contribution in [1.29, 1.82) is 0 Å². The number of hydrogen-bond donors (Lipinski definition) is 2. The topological polar surface area (TPSA) is 85.2 Å². The van der Waals surface area contributed by atoms with E-state index in [0.29, 0.717) is 12.3 Å². The molecule has 2 atom stereocenters. The van der Waals surface area contributed by atoms with Crippen molar-refractivity contribution in [2.45, 2.75) is 45.3 Å². The minimum absolute atomic E-state index is 0. The Hall–Kier alpha value is -1.43. The Morgan fingerprint density at radius 2 is 1.86 bits per heavy atom. The molecule has 2 rings (SSSR count). The molecule has 0 aliphatic heterocycles. The van der Waals surface area contributed by atoms with E-state index in [1.165, 1.54) is 5.56 Å². The van der Waals surface area contributed by atoms with E-state index in [-0.39, 0.29) is 30.2 Å². The predicted molar refractivity (Wildman–Crippen MR) is 87.8 cm³/mol. The smallest absolute Gasteiger partial charge is 0.226 e. The molecule has 2 aromatic rings. The molecule has 1 aromatic carbocycles. The van der Waals surface area contributed by atoms with Crippen molar-refractivity contribution in [2.75, 3.05) is 0 Å². The van der Waals surface area contributed by atoms with E-state index in [4.69, 9.17) is 10.3 Å². The minimum atomic E-state index is -0.878. The number of benzene rings is 1. The highest BCUT2D eigenvalue weighted by atomic mass is 35.5. The van der Waals surface area contributed by atoms with Crippen LogP contribution in [0.5, 0.6) is 0 Å². The Morgan fingerprint density at radius 1 is 1.18 bits per heavy atom. The van der Waals surface area contributed by atoms with E-state index in [9.17, 15) is 5.11 Å². The summed E-state index contributed by atoms with van der Waals surface area (Å²) >= 11 is 0. The molecule has 1 aromatic heterocycles. The maximum Gasteiger partial charge on any atom is 0.226 e. The Bertz CT molecular complexity index is 545. The summed E-state index contributed by atoms with van der Waals surface area (Å²) in [5.74, 6) is 0.988. The van der Waals surface area contributed by atoms with Gasteiger partial charge in [-0.1, -0.05) is 49.3 Å². The van der Waals surface area contributed by atoms with Gasteiger partial charge in [0, 0.05) is 12.5 Å². The third-order valence-corrected chi connectivity index (χ3v) is 3.58. The molecule has 0 radical (unpaired) electrons. The summed E-state index contributed by atoms with van der Waals surface area (Å²) in [5, 5.41) is 13.9. The first-order chi connectivity index (χ1) is 10.1. The van der Waals surface area contributed by atoms with Gasteiger partial charge in [-0.25, -0.2) is 0 Å². The Labute approximate surface area is 137 Å². The van der Waals surface area contributed by atoms with E-state index < -0.39 is 6.10 Å². The van der Waals surface area contributed by atoms with E-state index >= 15 is 0 Å². The quantitative estimate of drug-likeness (QED) is 0.817. The SMILES string of the molecule is CC(C)[C@H](N)C(O)c1noc(CCCc2ccccc2)n1.Cl. The maximum atomic E-state index is 10.1. The molecular formula is C16H24ClN3O2. The molecule has 0 aliphatic carbocycles. The number of aromatic nitrogens is 2. The van der Waals surface area contributed by atoms with Crippen molar-refractivity contribution in [3.63, 3.8) is 0 Å². The Morgan fingerprint density at radius 3 is 2.50 bits per heavy atom. The number of hydrogen-bond acceptors (Lipinski definition) is 5. The van der Waals surface area contributed by atoms with Crippen LogP contribution in [0.3, 0.4) is 0 Å². The first kappa shape index (κ1) is 18.6. The molecule has 0 saturated carbocycles. The highest BCUT2D eigenvalue weighted by Gasteiger charge is 2.24. The van der Waals surface area contributed by atoms with Crippen LogP contribution in [0.1, 0.15) is 43.7 Å². The zero-order valence-electron chi connectivity index (χ0n) is 13.0. The van der Waals surface area contributed by atoms with Crippen molar-refractivity contribution >= 4 is 12.4 Å². The van der Waals surface area contributed by atoms with Gasteiger partial charge < -0.3 is 15.4 Å². The predicted octanol–water partition coefficient (Wildman–Crippen LogP) is 2.68. The summed E-state index contributed by atoms with van der Waals surface area (Å²) in [4.78, 5) is 4.24. The molecule has 1 unspecified atom stereocenters. The van der Waals surface area contributed by atoms with Gasteiger partial charge in [0.25, 0.3) is 0 Å². The normalized spacial score (nSPS) is 13.7. The fourth-order valence-electron chi connectivity index (χ4n) is 2.11. The summed E-state index contributed by atoms with van der Waals surface area (Å²) in [7, 11) is 0. The summed E-state index contributed by atoms with van der Waals surface area (Å²) < 4.78 is 5.18. The minimum Gasteiger partial charge on any atom is -0.383 e. The van der Waals surface area contributed by atoms with Crippen molar-refractivity contribution < 1.29 is 9.63 Å². The van der Waals surface area contributed by atoms with Gasteiger partial charge in [0.2, 0.25) is 11.7 Å². The van der Waals surface area contributed by atoms with Crippen LogP contribution >= 0.6 is 12.4 Å². The van der Waals surface area contributed by atoms with Crippen LogP contribution in [0.2, 0.25) is 0 Å². The molecule has 22 heavy (non-hydrogen) atoms. The number of aryl methyl sites for hydroxylation is 2. The molecule has 0 aliphatic rings. The van der Waals surface area contributed by atoms with Gasteiger partial charge in [-0.3, -0.25) is 0 Å².